The van der Waals surface area contributed by atoms with Crippen LogP contribution in [0.3, 0.4) is 0 Å². The van der Waals surface area contributed by atoms with Gasteiger partial charge in [0.1, 0.15) is 0 Å². The van der Waals surface area contributed by atoms with E-state index in [1.807, 2.05) is 30.3 Å². The van der Waals surface area contributed by atoms with Crippen LogP contribution in [-0.4, -0.2) is 10.9 Å². The van der Waals surface area contributed by atoms with E-state index in [1.54, 1.807) is 6.92 Å². The fourth-order valence-corrected chi connectivity index (χ4v) is 2.56. The van der Waals surface area contributed by atoms with Crippen molar-refractivity contribution in [1.29, 1.82) is 0 Å². The van der Waals surface area contributed by atoms with E-state index in [0.717, 1.165) is 23.3 Å². The molecule has 2 rings (SSSR count). The SMILES string of the molecule is CC(=O)SCC1C=CCC=C1C#Cc1ccccc1. The Bertz CT molecular complexity index is 558. The number of carbonyl (C=O) groups excluding carboxylic acids is 1. The maximum Gasteiger partial charge on any atom is 0.185 e. The van der Waals surface area contributed by atoms with Crippen LogP contribution in [0.5, 0.6) is 0 Å². The van der Waals surface area contributed by atoms with Crippen LogP contribution in [0.2, 0.25) is 0 Å². The Morgan fingerprint density at radius 1 is 1.32 bits per heavy atom. The lowest BCUT2D eigenvalue weighted by atomic mass is 9.95. The molecular weight excluding hydrogens is 252 g/mol. The van der Waals surface area contributed by atoms with Crippen molar-refractivity contribution in [2.24, 2.45) is 5.92 Å². The highest BCUT2D eigenvalue weighted by atomic mass is 32.2. The van der Waals surface area contributed by atoms with Crippen molar-refractivity contribution >= 4 is 16.9 Å². The second-order valence-corrected chi connectivity index (χ2v) is 5.55. The lowest BCUT2D eigenvalue weighted by Crippen LogP contribution is -2.07. The van der Waals surface area contributed by atoms with Crippen molar-refractivity contribution < 1.29 is 4.79 Å². The third kappa shape index (κ3) is 4.46. The smallest absolute Gasteiger partial charge is 0.185 e. The van der Waals surface area contributed by atoms with Gasteiger partial charge in [0.2, 0.25) is 0 Å². The summed E-state index contributed by atoms with van der Waals surface area (Å²) in [5.74, 6) is 7.47. The summed E-state index contributed by atoms with van der Waals surface area (Å²) in [7, 11) is 0. The predicted molar refractivity (Wildman–Crippen MR) is 81.8 cm³/mol. The number of allylic oxidation sites excluding steroid dienone is 4. The summed E-state index contributed by atoms with van der Waals surface area (Å²) in [6.45, 7) is 1.61. The average Bonchev–Trinajstić information content (AvgIpc) is 2.45. The monoisotopic (exact) mass is 268 g/mol. The van der Waals surface area contributed by atoms with Gasteiger partial charge in [-0.05, 0) is 18.6 Å². The third-order valence-electron chi connectivity index (χ3n) is 2.83. The molecule has 1 unspecified atom stereocenters. The van der Waals surface area contributed by atoms with Gasteiger partial charge in [-0.25, -0.2) is 0 Å². The number of hydrogen-bond donors (Lipinski definition) is 0. The quantitative estimate of drug-likeness (QED) is 0.599. The molecule has 0 heterocycles. The minimum atomic E-state index is 0.161. The Morgan fingerprint density at radius 3 is 2.84 bits per heavy atom. The zero-order chi connectivity index (χ0) is 13.5. The third-order valence-corrected chi connectivity index (χ3v) is 3.77. The zero-order valence-corrected chi connectivity index (χ0v) is 11.7. The minimum absolute atomic E-state index is 0.161. The van der Waals surface area contributed by atoms with Gasteiger partial charge >= 0.3 is 0 Å². The topological polar surface area (TPSA) is 17.1 Å². The summed E-state index contributed by atoms with van der Waals surface area (Å²) in [6, 6.07) is 9.97. The fraction of sp³-hybridized carbons (Fsp3) is 0.235. The van der Waals surface area contributed by atoms with E-state index in [0.29, 0.717) is 0 Å². The van der Waals surface area contributed by atoms with E-state index in [1.165, 1.54) is 11.8 Å². The predicted octanol–water partition coefficient (Wildman–Crippen LogP) is 3.82. The number of rotatable bonds is 2. The summed E-state index contributed by atoms with van der Waals surface area (Å²) in [5.41, 5.74) is 2.15. The maximum atomic E-state index is 11.1. The van der Waals surface area contributed by atoms with Gasteiger partial charge < -0.3 is 0 Å². The fourth-order valence-electron chi connectivity index (χ4n) is 1.85. The molecule has 0 saturated carbocycles. The van der Waals surface area contributed by atoms with Crippen LogP contribution in [0.25, 0.3) is 0 Å². The molecule has 96 valence electrons. The summed E-state index contributed by atoms with van der Waals surface area (Å²) >= 11 is 1.36. The van der Waals surface area contributed by atoms with Crippen LogP contribution in [0.1, 0.15) is 18.9 Å². The molecule has 1 aliphatic rings. The van der Waals surface area contributed by atoms with E-state index >= 15 is 0 Å². The molecule has 0 saturated heterocycles. The maximum absolute atomic E-state index is 11.1. The molecule has 0 radical (unpaired) electrons. The van der Waals surface area contributed by atoms with E-state index in [4.69, 9.17) is 0 Å². The lowest BCUT2D eigenvalue weighted by molar-refractivity contribution is -0.109. The molecule has 1 atom stereocenters. The normalized spacial score (nSPS) is 17.3. The minimum Gasteiger partial charge on any atom is -0.288 e. The second kappa shape index (κ2) is 7.01. The average molecular weight is 268 g/mol. The molecule has 1 nitrogen and oxygen atoms in total. The van der Waals surface area contributed by atoms with Crippen molar-refractivity contribution in [2.45, 2.75) is 13.3 Å². The van der Waals surface area contributed by atoms with Crippen LogP contribution in [0.4, 0.5) is 0 Å². The molecule has 0 fully saturated rings. The Hall–Kier alpha value is -1.72. The summed E-state index contributed by atoms with van der Waals surface area (Å²) < 4.78 is 0. The lowest BCUT2D eigenvalue weighted by Gasteiger charge is -2.14. The van der Waals surface area contributed by atoms with Crippen LogP contribution in [-0.2, 0) is 4.79 Å². The molecule has 0 bridgehead atoms. The summed E-state index contributed by atoms with van der Waals surface area (Å²) in [6.07, 6.45) is 7.38. The number of carbonyl (C=O) groups is 1. The summed E-state index contributed by atoms with van der Waals surface area (Å²) in [5, 5.41) is 0.161. The number of benzene rings is 1. The second-order valence-electron chi connectivity index (χ2n) is 4.35. The first-order valence-corrected chi connectivity index (χ1v) is 7.31. The Balaban J connectivity index is 2.07. The molecule has 0 N–H and O–H groups in total. The van der Waals surface area contributed by atoms with Crippen molar-refractivity contribution in [3.63, 3.8) is 0 Å². The molecule has 0 aromatic heterocycles. The highest BCUT2D eigenvalue weighted by molar-refractivity contribution is 8.13. The van der Waals surface area contributed by atoms with Crippen molar-refractivity contribution in [3.05, 3.63) is 59.7 Å². The Kier molecular flexibility index (Phi) is 5.06. The summed E-state index contributed by atoms with van der Waals surface area (Å²) in [4.78, 5) is 11.1. The van der Waals surface area contributed by atoms with Crippen LogP contribution >= 0.6 is 11.8 Å². The van der Waals surface area contributed by atoms with E-state index in [9.17, 15) is 4.79 Å². The first-order chi connectivity index (χ1) is 9.25. The largest absolute Gasteiger partial charge is 0.288 e. The van der Waals surface area contributed by atoms with Crippen LogP contribution in [0.15, 0.2) is 54.1 Å². The van der Waals surface area contributed by atoms with Crippen molar-refractivity contribution in [1.82, 2.24) is 0 Å². The van der Waals surface area contributed by atoms with Crippen LogP contribution < -0.4 is 0 Å². The van der Waals surface area contributed by atoms with E-state index in [2.05, 4.69) is 30.1 Å². The zero-order valence-electron chi connectivity index (χ0n) is 10.9. The molecule has 0 aliphatic heterocycles. The molecule has 1 aliphatic carbocycles. The number of thioether (sulfide) groups is 1. The molecule has 2 heteroatoms. The highest BCUT2D eigenvalue weighted by Gasteiger charge is 2.13. The van der Waals surface area contributed by atoms with Gasteiger partial charge in [0, 0.05) is 29.7 Å². The van der Waals surface area contributed by atoms with Crippen molar-refractivity contribution in [3.8, 4) is 11.8 Å². The van der Waals surface area contributed by atoms with Gasteiger partial charge in [-0.1, -0.05) is 60.0 Å². The van der Waals surface area contributed by atoms with E-state index < -0.39 is 0 Å². The van der Waals surface area contributed by atoms with Gasteiger partial charge in [0.25, 0.3) is 0 Å². The first kappa shape index (κ1) is 13.7. The van der Waals surface area contributed by atoms with Gasteiger partial charge in [0.15, 0.2) is 5.12 Å². The highest BCUT2D eigenvalue weighted by Crippen LogP contribution is 2.23. The molecule has 1 aromatic carbocycles. The van der Waals surface area contributed by atoms with E-state index in [-0.39, 0.29) is 11.0 Å². The van der Waals surface area contributed by atoms with Gasteiger partial charge in [-0.15, -0.1) is 0 Å². The molecule has 1 aromatic rings. The Labute approximate surface area is 118 Å². The molecule has 0 amide bonds. The first-order valence-electron chi connectivity index (χ1n) is 6.33. The van der Waals surface area contributed by atoms with Gasteiger partial charge in [-0.2, -0.15) is 0 Å². The standard InChI is InChI=1S/C17H16OS/c1-14(18)19-13-17-10-6-5-9-16(17)12-11-15-7-3-2-4-8-15/h2-4,6-10,17H,5,13H2,1H3. The molecule has 19 heavy (non-hydrogen) atoms. The number of hydrogen-bond acceptors (Lipinski definition) is 2. The molecule has 0 spiro atoms. The van der Waals surface area contributed by atoms with Gasteiger partial charge in [-0.3, -0.25) is 4.79 Å². The van der Waals surface area contributed by atoms with Crippen molar-refractivity contribution in [2.75, 3.05) is 5.75 Å². The van der Waals surface area contributed by atoms with Crippen LogP contribution in [0, 0.1) is 17.8 Å². The molecular formula is C17H16OS. The Morgan fingerprint density at radius 2 is 2.11 bits per heavy atom. The van der Waals surface area contributed by atoms with Gasteiger partial charge in [0.05, 0.1) is 0 Å².